The van der Waals surface area contributed by atoms with Gasteiger partial charge in [-0.15, -0.1) is 0 Å². The minimum absolute atomic E-state index is 0.0966. The number of aryl methyl sites for hydroxylation is 1. The van der Waals surface area contributed by atoms with Crippen LogP contribution in [0.5, 0.6) is 0 Å². The standard InChI is InChI=1S/C31H38N4O4/c1-19-16-20(18-34-14-12-22(13-15-34)31(2,3)4)8-9-21(19)17-32-24-7-5-6-23-27(24)30(39)35(29(23)38)25-10-11-26(36)33-28(25)37/h5-9,16,22,25,32H,10-15,17-18H2,1-4H3,(H,33,36,37). The van der Waals surface area contributed by atoms with Gasteiger partial charge in [-0.2, -0.15) is 0 Å². The van der Waals surface area contributed by atoms with E-state index in [0.29, 0.717) is 17.6 Å². The number of nitrogens with one attached hydrogen (secondary N) is 2. The molecule has 2 aromatic carbocycles. The summed E-state index contributed by atoms with van der Waals surface area (Å²) >= 11 is 0. The zero-order valence-corrected chi connectivity index (χ0v) is 23.3. The van der Waals surface area contributed by atoms with E-state index in [-0.39, 0.29) is 29.9 Å². The van der Waals surface area contributed by atoms with Gasteiger partial charge in [0.25, 0.3) is 11.8 Å². The zero-order valence-electron chi connectivity index (χ0n) is 23.3. The Kier molecular flexibility index (Phi) is 7.33. The molecular formula is C31H38N4O4. The molecule has 1 unspecified atom stereocenters. The highest BCUT2D eigenvalue weighted by Gasteiger charge is 2.45. The van der Waals surface area contributed by atoms with Crippen LogP contribution in [0, 0.1) is 18.3 Å². The summed E-state index contributed by atoms with van der Waals surface area (Å²) in [7, 11) is 0. The third kappa shape index (κ3) is 5.48. The predicted octanol–water partition coefficient (Wildman–Crippen LogP) is 4.27. The first-order chi connectivity index (χ1) is 18.5. The van der Waals surface area contributed by atoms with Gasteiger partial charge in [-0.25, -0.2) is 0 Å². The maximum Gasteiger partial charge on any atom is 0.264 e. The third-order valence-electron chi connectivity index (χ3n) is 8.56. The number of hydrogen-bond donors (Lipinski definition) is 2. The van der Waals surface area contributed by atoms with E-state index in [4.69, 9.17) is 0 Å². The lowest BCUT2D eigenvalue weighted by molar-refractivity contribution is -0.136. The molecule has 8 heteroatoms. The number of carbonyl (C=O) groups excluding carboxylic acids is 4. The topological polar surface area (TPSA) is 98.8 Å². The Bertz CT molecular complexity index is 1320. The summed E-state index contributed by atoms with van der Waals surface area (Å²) in [5.74, 6) is -1.22. The average molecular weight is 531 g/mol. The molecule has 206 valence electrons. The summed E-state index contributed by atoms with van der Waals surface area (Å²) in [6, 6.07) is 10.7. The van der Waals surface area contributed by atoms with Gasteiger partial charge in [0.1, 0.15) is 6.04 Å². The van der Waals surface area contributed by atoms with Crippen molar-refractivity contribution in [3.05, 3.63) is 64.2 Å². The number of nitrogens with zero attached hydrogens (tertiary/aromatic N) is 2. The van der Waals surface area contributed by atoms with Crippen molar-refractivity contribution in [1.29, 1.82) is 0 Å². The largest absolute Gasteiger partial charge is 0.380 e. The minimum Gasteiger partial charge on any atom is -0.380 e. The van der Waals surface area contributed by atoms with E-state index in [0.717, 1.165) is 36.0 Å². The quantitative estimate of drug-likeness (QED) is 0.542. The van der Waals surface area contributed by atoms with Crippen LogP contribution in [0.2, 0.25) is 0 Å². The van der Waals surface area contributed by atoms with E-state index in [1.807, 2.05) is 0 Å². The second-order valence-corrected chi connectivity index (χ2v) is 12.2. The van der Waals surface area contributed by atoms with Crippen LogP contribution in [0.4, 0.5) is 5.69 Å². The highest BCUT2D eigenvalue weighted by Crippen LogP contribution is 2.35. The van der Waals surface area contributed by atoms with Crippen LogP contribution in [0.25, 0.3) is 0 Å². The van der Waals surface area contributed by atoms with E-state index >= 15 is 0 Å². The van der Waals surface area contributed by atoms with Crippen molar-refractivity contribution in [2.24, 2.45) is 11.3 Å². The molecule has 3 aliphatic rings. The summed E-state index contributed by atoms with van der Waals surface area (Å²) in [5.41, 5.74) is 5.07. The van der Waals surface area contributed by atoms with Crippen LogP contribution < -0.4 is 10.6 Å². The molecule has 2 N–H and O–H groups in total. The van der Waals surface area contributed by atoms with Gasteiger partial charge in [0, 0.05) is 25.2 Å². The normalized spacial score (nSPS) is 20.8. The van der Waals surface area contributed by atoms with Gasteiger partial charge in [0.2, 0.25) is 11.8 Å². The van der Waals surface area contributed by atoms with E-state index in [1.165, 1.54) is 24.0 Å². The monoisotopic (exact) mass is 530 g/mol. The van der Waals surface area contributed by atoms with Crippen LogP contribution >= 0.6 is 0 Å². The molecular weight excluding hydrogens is 492 g/mol. The lowest BCUT2D eigenvalue weighted by Gasteiger charge is -2.38. The molecule has 0 spiro atoms. The second-order valence-electron chi connectivity index (χ2n) is 12.2. The molecule has 0 saturated carbocycles. The van der Waals surface area contributed by atoms with Gasteiger partial charge in [-0.1, -0.05) is 45.0 Å². The molecule has 0 bridgehead atoms. The van der Waals surface area contributed by atoms with Crippen molar-refractivity contribution < 1.29 is 19.2 Å². The van der Waals surface area contributed by atoms with E-state index in [2.05, 4.69) is 61.4 Å². The predicted molar refractivity (Wildman–Crippen MR) is 149 cm³/mol. The summed E-state index contributed by atoms with van der Waals surface area (Å²) in [4.78, 5) is 53.9. The molecule has 4 amide bonds. The number of piperidine rings is 2. The average Bonchev–Trinajstić information content (AvgIpc) is 3.14. The number of benzene rings is 2. The molecule has 39 heavy (non-hydrogen) atoms. The lowest BCUT2D eigenvalue weighted by Crippen LogP contribution is -2.54. The molecule has 2 fully saturated rings. The van der Waals surface area contributed by atoms with Crippen molar-refractivity contribution in [3.8, 4) is 0 Å². The van der Waals surface area contributed by atoms with Crippen molar-refractivity contribution in [1.82, 2.24) is 15.1 Å². The Labute approximate surface area is 230 Å². The summed E-state index contributed by atoms with van der Waals surface area (Å²) in [5, 5.41) is 5.59. The SMILES string of the molecule is Cc1cc(CN2CCC(C(C)(C)C)CC2)ccc1CNc1cccc2c1C(=O)N(C1CCC(=O)NC1=O)C2=O. The van der Waals surface area contributed by atoms with Gasteiger partial charge in [0.15, 0.2) is 0 Å². The summed E-state index contributed by atoms with van der Waals surface area (Å²) in [6.07, 6.45) is 2.72. The first-order valence-corrected chi connectivity index (χ1v) is 13.9. The van der Waals surface area contributed by atoms with E-state index in [1.54, 1.807) is 18.2 Å². The van der Waals surface area contributed by atoms with Gasteiger partial charge >= 0.3 is 0 Å². The molecule has 0 radical (unpaired) electrons. The number of fused-ring (bicyclic) bond motifs is 1. The van der Waals surface area contributed by atoms with Crippen LogP contribution in [0.1, 0.15) is 83.9 Å². The third-order valence-corrected chi connectivity index (χ3v) is 8.56. The van der Waals surface area contributed by atoms with Crippen molar-refractivity contribution in [2.45, 2.75) is 72.5 Å². The first kappa shape index (κ1) is 27.1. The number of likely N-dealkylation sites (tertiary alicyclic amines) is 1. The Morgan fingerprint density at radius 2 is 1.72 bits per heavy atom. The van der Waals surface area contributed by atoms with Crippen LogP contribution in [-0.4, -0.2) is 52.6 Å². The maximum atomic E-state index is 13.3. The zero-order chi connectivity index (χ0) is 27.9. The fraction of sp³-hybridized carbons (Fsp3) is 0.484. The molecule has 3 aliphatic heterocycles. The minimum atomic E-state index is -0.975. The number of amides is 4. The number of carbonyl (C=O) groups is 4. The molecule has 0 aliphatic carbocycles. The Morgan fingerprint density at radius 1 is 0.974 bits per heavy atom. The Hall–Kier alpha value is -3.52. The second kappa shape index (κ2) is 10.6. The van der Waals surface area contributed by atoms with E-state index in [9.17, 15) is 19.2 Å². The highest BCUT2D eigenvalue weighted by molar-refractivity contribution is 6.25. The number of imide groups is 2. The summed E-state index contributed by atoms with van der Waals surface area (Å²) < 4.78 is 0. The van der Waals surface area contributed by atoms with Gasteiger partial charge in [0.05, 0.1) is 11.1 Å². The van der Waals surface area contributed by atoms with Crippen LogP contribution in [0.3, 0.4) is 0 Å². The maximum absolute atomic E-state index is 13.3. The van der Waals surface area contributed by atoms with Crippen molar-refractivity contribution in [3.63, 3.8) is 0 Å². The Morgan fingerprint density at radius 3 is 2.38 bits per heavy atom. The van der Waals surface area contributed by atoms with E-state index < -0.39 is 23.8 Å². The molecule has 1 atom stereocenters. The number of anilines is 1. The highest BCUT2D eigenvalue weighted by atomic mass is 16.2. The van der Waals surface area contributed by atoms with Crippen LogP contribution in [-0.2, 0) is 22.7 Å². The molecule has 2 saturated heterocycles. The fourth-order valence-corrected chi connectivity index (χ4v) is 6.12. The molecule has 8 nitrogen and oxygen atoms in total. The molecule has 5 rings (SSSR count). The van der Waals surface area contributed by atoms with Crippen LogP contribution in [0.15, 0.2) is 36.4 Å². The van der Waals surface area contributed by atoms with Gasteiger partial charge in [-0.05, 0) is 79.4 Å². The number of rotatable bonds is 6. The lowest BCUT2D eigenvalue weighted by atomic mass is 9.75. The summed E-state index contributed by atoms with van der Waals surface area (Å²) in [6.45, 7) is 12.8. The fourth-order valence-electron chi connectivity index (χ4n) is 6.12. The molecule has 2 aromatic rings. The Balaban J connectivity index is 1.24. The van der Waals surface area contributed by atoms with Crippen molar-refractivity contribution in [2.75, 3.05) is 18.4 Å². The first-order valence-electron chi connectivity index (χ1n) is 13.9. The van der Waals surface area contributed by atoms with Crippen molar-refractivity contribution >= 4 is 29.3 Å². The molecule has 3 heterocycles. The van der Waals surface area contributed by atoms with Gasteiger partial charge < -0.3 is 5.32 Å². The smallest absolute Gasteiger partial charge is 0.264 e. The van der Waals surface area contributed by atoms with Gasteiger partial charge in [-0.3, -0.25) is 34.3 Å². The number of hydrogen-bond acceptors (Lipinski definition) is 6. The molecule has 0 aromatic heterocycles.